The molecule has 0 spiro atoms. The van der Waals surface area contributed by atoms with Crippen molar-refractivity contribution in [3.8, 4) is 0 Å². The van der Waals surface area contributed by atoms with E-state index in [1.807, 2.05) is 0 Å². The van der Waals surface area contributed by atoms with Gasteiger partial charge in [0.05, 0.1) is 0 Å². The van der Waals surface area contributed by atoms with Crippen LogP contribution in [0.2, 0.25) is 0 Å². The molecule has 0 N–H and O–H groups in total. The van der Waals surface area contributed by atoms with Crippen molar-refractivity contribution in [2.45, 2.75) is 44.6 Å². The Hall–Kier alpha value is -0.770. The lowest BCUT2D eigenvalue weighted by Crippen LogP contribution is -2.49. The smallest absolute Gasteiger partial charge is 0.289 e. The second kappa shape index (κ2) is 5.08. The van der Waals surface area contributed by atoms with E-state index in [0.717, 1.165) is 25.3 Å². The molecule has 1 aliphatic carbocycles. The molecule has 2 heterocycles. The Labute approximate surface area is 116 Å². The molecule has 4 heteroatoms. The molecule has 3 rings (SSSR count). The molecule has 2 fully saturated rings. The molecule has 2 aliphatic rings. The maximum absolute atomic E-state index is 12.5. The Balaban J connectivity index is 1.79. The van der Waals surface area contributed by atoms with E-state index in [2.05, 4.69) is 20.8 Å². The van der Waals surface area contributed by atoms with Gasteiger partial charge < -0.3 is 9.32 Å². The quantitative estimate of drug-likeness (QED) is 0.789. The van der Waals surface area contributed by atoms with Crippen LogP contribution in [-0.2, 0) is 0 Å². The highest BCUT2D eigenvalue weighted by atomic mass is 79.9. The fourth-order valence-corrected chi connectivity index (χ4v) is 3.75. The Morgan fingerprint density at radius 3 is 2.78 bits per heavy atom. The van der Waals surface area contributed by atoms with Crippen LogP contribution in [0, 0.1) is 5.92 Å². The van der Waals surface area contributed by atoms with Crippen LogP contribution in [0.3, 0.4) is 0 Å². The lowest BCUT2D eigenvalue weighted by atomic mass is 9.78. The number of amides is 1. The topological polar surface area (TPSA) is 33.5 Å². The van der Waals surface area contributed by atoms with Crippen LogP contribution in [0.5, 0.6) is 0 Å². The highest BCUT2D eigenvalue weighted by molar-refractivity contribution is 9.10. The van der Waals surface area contributed by atoms with Gasteiger partial charge in [-0.25, -0.2) is 0 Å². The minimum atomic E-state index is 0.0669. The van der Waals surface area contributed by atoms with Gasteiger partial charge in [0.1, 0.15) is 0 Å². The normalized spacial score (nSPS) is 27.9. The van der Waals surface area contributed by atoms with E-state index in [0.29, 0.717) is 16.5 Å². The lowest BCUT2D eigenvalue weighted by molar-refractivity contribution is 0.0361. The maximum Gasteiger partial charge on any atom is 0.289 e. The highest BCUT2D eigenvalue weighted by Gasteiger charge is 2.36. The van der Waals surface area contributed by atoms with Gasteiger partial charge in [0.25, 0.3) is 5.91 Å². The molecule has 0 aromatic carbocycles. The van der Waals surface area contributed by atoms with Gasteiger partial charge in [-0.1, -0.05) is 12.8 Å². The molecule has 0 radical (unpaired) electrons. The van der Waals surface area contributed by atoms with E-state index < -0.39 is 0 Å². The molecule has 3 nitrogen and oxygen atoms in total. The fraction of sp³-hybridized carbons (Fsp3) is 0.643. The Morgan fingerprint density at radius 2 is 2.00 bits per heavy atom. The number of halogens is 1. The summed E-state index contributed by atoms with van der Waals surface area (Å²) in [5, 5.41) is 0. The third kappa shape index (κ3) is 2.22. The summed E-state index contributed by atoms with van der Waals surface area (Å²) in [6.07, 6.45) is 7.46. The van der Waals surface area contributed by atoms with Crippen molar-refractivity contribution in [2.75, 3.05) is 6.54 Å². The van der Waals surface area contributed by atoms with Gasteiger partial charge in [-0.05, 0) is 59.7 Å². The van der Waals surface area contributed by atoms with E-state index in [4.69, 9.17) is 4.42 Å². The third-order valence-electron chi connectivity index (χ3n) is 4.29. The number of nitrogens with zero attached hydrogens (tertiary/aromatic N) is 1. The zero-order valence-electron chi connectivity index (χ0n) is 10.4. The zero-order valence-corrected chi connectivity index (χ0v) is 12.0. The number of hydrogen-bond acceptors (Lipinski definition) is 2. The average molecular weight is 312 g/mol. The molecule has 0 bridgehead atoms. The number of rotatable bonds is 1. The van der Waals surface area contributed by atoms with Gasteiger partial charge in [0.15, 0.2) is 10.4 Å². The molecule has 1 aromatic rings. The van der Waals surface area contributed by atoms with E-state index >= 15 is 0 Å². The number of carbonyl (C=O) groups excluding carboxylic acids is 1. The van der Waals surface area contributed by atoms with Crippen molar-refractivity contribution in [3.63, 3.8) is 0 Å². The summed E-state index contributed by atoms with van der Waals surface area (Å²) in [7, 11) is 0. The summed E-state index contributed by atoms with van der Waals surface area (Å²) < 4.78 is 6.03. The van der Waals surface area contributed by atoms with Crippen molar-refractivity contribution in [1.29, 1.82) is 0 Å². The van der Waals surface area contributed by atoms with Crippen molar-refractivity contribution in [1.82, 2.24) is 4.90 Å². The summed E-state index contributed by atoms with van der Waals surface area (Å²) >= 11 is 3.26. The Morgan fingerprint density at radius 1 is 1.22 bits per heavy atom. The molecule has 1 amide bonds. The van der Waals surface area contributed by atoms with Crippen molar-refractivity contribution in [2.24, 2.45) is 5.92 Å². The average Bonchev–Trinajstić information content (AvgIpc) is 2.84. The largest absolute Gasteiger partial charge is 0.444 e. The monoisotopic (exact) mass is 311 g/mol. The number of hydrogen-bond donors (Lipinski definition) is 0. The molecule has 1 saturated heterocycles. The van der Waals surface area contributed by atoms with Crippen molar-refractivity contribution in [3.05, 3.63) is 22.6 Å². The van der Waals surface area contributed by atoms with Gasteiger partial charge in [-0.3, -0.25) is 4.79 Å². The van der Waals surface area contributed by atoms with Crippen LogP contribution >= 0.6 is 15.9 Å². The fourth-order valence-electron chi connectivity index (χ4n) is 3.45. The molecule has 2 atom stereocenters. The molecule has 98 valence electrons. The summed E-state index contributed by atoms with van der Waals surface area (Å²) in [6.45, 7) is 0.887. The second-order valence-corrected chi connectivity index (χ2v) is 6.14. The number of piperidine rings is 1. The van der Waals surface area contributed by atoms with E-state index in [1.165, 1.54) is 25.7 Å². The predicted molar refractivity (Wildman–Crippen MR) is 72.4 cm³/mol. The summed E-state index contributed by atoms with van der Waals surface area (Å²) in [6, 6.07) is 4.00. The molecular formula is C14H18BrNO2. The number of fused-ring (bicyclic) bond motifs is 1. The van der Waals surface area contributed by atoms with Crippen LogP contribution < -0.4 is 0 Å². The number of likely N-dealkylation sites (tertiary alicyclic amines) is 1. The van der Waals surface area contributed by atoms with Crippen LogP contribution in [0.15, 0.2) is 21.2 Å². The second-order valence-electron chi connectivity index (χ2n) is 5.36. The van der Waals surface area contributed by atoms with E-state index in [1.54, 1.807) is 12.1 Å². The first-order valence-electron chi connectivity index (χ1n) is 6.82. The minimum Gasteiger partial charge on any atom is -0.444 e. The van der Waals surface area contributed by atoms with E-state index in [9.17, 15) is 4.79 Å². The van der Waals surface area contributed by atoms with Crippen LogP contribution in [0.25, 0.3) is 0 Å². The highest BCUT2D eigenvalue weighted by Crippen LogP contribution is 2.36. The maximum atomic E-state index is 12.5. The van der Waals surface area contributed by atoms with Gasteiger partial charge in [-0.2, -0.15) is 0 Å². The van der Waals surface area contributed by atoms with Gasteiger partial charge in [0.2, 0.25) is 0 Å². The summed E-state index contributed by atoms with van der Waals surface area (Å²) in [4.78, 5) is 14.5. The Bertz CT molecular complexity index is 441. The van der Waals surface area contributed by atoms with Crippen LogP contribution in [0.1, 0.15) is 49.1 Å². The van der Waals surface area contributed by atoms with Crippen molar-refractivity contribution >= 4 is 21.8 Å². The van der Waals surface area contributed by atoms with Gasteiger partial charge >= 0.3 is 0 Å². The summed E-state index contributed by atoms with van der Waals surface area (Å²) in [5.41, 5.74) is 0. The van der Waals surface area contributed by atoms with Gasteiger partial charge in [-0.15, -0.1) is 0 Å². The molecule has 0 unspecified atom stereocenters. The SMILES string of the molecule is O=C(c1ccc(Br)o1)N1CCC[C@H]2CCCC[C@H]21. The predicted octanol–water partition coefficient (Wildman–Crippen LogP) is 3.84. The zero-order chi connectivity index (χ0) is 12.5. The molecular weight excluding hydrogens is 294 g/mol. The number of furan rings is 1. The molecule has 18 heavy (non-hydrogen) atoms. The third-order valence-corrected chi connectivity index (χ3v) is 4.71. The first-order valence-corrected chi connectivity index (χ1v) is 7.61. The van der Waals surface area contributed by atoms with Gasteiger partial charge in [0, 0.05) is 12.6 Å². The molecule has 1 aliphatic heterocycles. The molecule has 1 saturated carbocycles. The van der Waals surface area contributed by atoms with Crippen molar-refractivity contribution < 1.29 is 9.21 Å². The van der Waals surface area contributed by atoms with E-state index in [-0.39, 0.29) is 5.91 Å². The first kappa shape index (κ1) is 12.3. The summed E-state index contributed by atoms with van der Waals surface area (Å²) in [5.74, 6) is 1.25. The molecule has 1 aromatic heterocycles. The first-order chi connectivity index (χ1) is 8.75. The standard InChI is InChI=1S/C14H18BrNO2/c15-13-8-7-12(18-13)14(17)16-9-3-5-10-4-1-2-6-11(10)16/h7-8,10-11H,1-6,9H2/t10-,11-/m1/s1. The minimum absolute atomic E-state index is 0.0669. The lowest BCUT2D eigenvalue weighted by Gasteiger charge is -2.43. The van der Waals surface area contributed by atoms with Crippen LogP contribution in [-0.4, -0.2) is 23.4 Å². The number of carbonyl (C=O) groups is 1. The van der Waals surface area contributed by atoms with Crippen LogP contribution in [0.4, 0.5) is 0 Å². The Kier molecular flexibility index (Phi) is 3.46.